The second-order valence-corrected chi connectivity index (χ2v) is 8.29. The third-order valence-electron chi connectivity index (χ3n) is 7.00. The van der Waals surface area contributed by atoms with E-state index >= 15 is 0 Å². The Labute approximate surface area is 179 Å². The molecule has 7 rings (SSSR count). The Morgan fingerprint density at radius 1 is 0.710 bits per heavy atom. The minimum atomic E-state index is -0.569. The molecule has 1 heterocycles. The van der Waals surface area contributed by atoms with Crippen LogP contribution in [0.3, 0.4) is 0 Å². The molecule has 2 atom stereocenters. The lowest BCUT2D eigenvalue weighted by Crippen LogP contribution is -2.41. The average Bonchev–Trinajstić information content (AvgIpc) is 3.09. The molecule has 0 unspecified atom stereocenters. The van der Waals surface area contributed by atoms with E-state index in [4.69, 9.17) is 4.74 Å². The number of amides is 2. The smallest absolute Gasteiger partial charge is 0.339 e. The van der Waals surface area contributed by atoms with E-state index in [9.17, 15) is 14.4 Å². The van der Waals surface area contributed by atoms with Gasteiger partial charge < -0.3 is 4.74 Å². The van der Waals surface area contributed by atoms with Crippen molar-refractivity contribution in [2.24, 2.45) is 11.8 Å². The van der Waals surface area contributed by atoms with Crippen LogP contribution < -0.4 is 4.90 Å². The zero-order valence-electron chi connectivity index (χ0n) is 16.8. The first-order valence-corrected chi connectivity index (χ1v) is 10.4. The van der Waals surface area contributed by atoms with E-state index in [1.807, 2.05) is 24.3 Å². The standard InChI is InChI=1S/C26H19NO4/c1-31-26(30)18-12-6-7-13-19(18)27-24(28)22-20-14-8-2-3-9-15(14)21(23(22)25(27)29)17-11-5-4-10-16(17)20/h2-13,20-23H,1H3/t20?,21?,22-,23-/m0/s1. The van der Waals surface area contributed by atoms with Gasteiger partial charge in [0.2, 0.25) is 11.8 Å². The Kier molecular flexibility index (Phi) is 3.72. The minimum absolute atomic E-state index is 0.172. The summed E-state index contributed by atoms with van der Waals surface area (Å²) in [4.78, 5) is 41.1. The second-order valence-electron chi connectivity index (χ2n) is 8.29. The molecular weight excluding hydrogens is 390 g/mol. The summed E-state index contributed by atoms with van der Waals surface area (Å²) in [5, 5.41) is 0. The number of carbonyl (C=O) groups is 3. The van der Waals surface area contributed by atoms with Crippen LogP contribution in [0.4, 0.5) is 5.69 Å². The molecule has 5 nitrogen and oxygen atoms in total. The van der Waals surface area contributed by atoms with Crippen molar-refractivity contribution in [2.45, 2.75) is 11.8 Å². The van der Waals surface area contributed by atoms with Gasteiger partial charge in [-0.3, -0.25) is 9.59 Å². The summed E-state index contributed by atoms with van der Waals surface area (Å²) in [5.74, 6) is -2.36. The minimum Gasteiger partial charge on any atom is -0.465 e. The van der Waals surface area contributed by atoms with Crippen molar-refractivity contribution < 1.29 is 19.1 Å². The molecule has 4 aliphatic rings. The number of esters is 1. The average molecular weight is 409 g/mol. The third kappa shape index (κ3) is 2.23. The summed E-state index contributed by atoms with van der Waals surface area (Å²) in [6.07, 6.45) is 0. The molecule has 31 heavy (non-hydrogen) atoms. The van der Waals surface area contributed by atoms with Gasteiger partial charge in [0, 0.05) is 11.8 Å². The first kappa shape index (κ1) is 18.1. The van der Waals surface area contributed by atoms with Crippen molar-refractivity contribution in [3.05, 3.63) is 101 Å². The molecule has 1 aliphatic heterocycles. The number of imide groups is 1. The largest absolute Gasteiger partial charge is 0.465 e. The number of rotatable bonds is 2. The van der Waals surface area contributed by atoms with E-state index in [0.717, 1.165) is 22.3 Å². The van der Waals surface area contributed by atoms with Crippen LogP contribution in [0.5, 0.6) is 0 Å². The fourth-order valence-electron chi connectivity index (χ4n) is 5.87. The van der Waals surface area contributed by atoms with Gasteiger partial charge in [-0.05, 0) is 34.4 Å². The topological polar surface area (TPSA) is 63.7 Å². The molecule has 0 spiro atoms. The number of para-hydroxylation sites is 1. The van der Waals surface area contributed by atoms with Crippen LogP contribution in [-0.2, 0) is 14.3 Å². The number of anilines is 1. The first-order chi connectivity index (χ1) is 15.1. The van der Waals surface area contributed by atoms with E-state index in [-0.39, 0.29) is 29.2 Å². The highest BCUT2D eigenvalue weighted by Gasteiger charge is 2.62. The van der Waals surface area contributed by atoms with Crippen LogP contribution in [0.1, 0.15) is 44.4 Å². The molecule has 3 aliphatic carbocycles. The predicted molar refractivity (Wildman–Crippen MR) is 114 cm³/mol. The van der Waals surface area contributed by atoms with E-state index in [0.29, 0.717) is 5.69 Å². The van der Waals surface area contributed by atoms with Crippen LogP contribution in [0, 0.1) is 11.8 Å². The summed E-state index contributed by atoms with van der Waals surface area (Å²) in [6, 6.07) is 22.9. The van der Waals surface area contributed by atoms with Crippen molar-refractivity contribution in [3.8, 4) is 0 Å². The molecule has 3 aromatic rings. The lowest BCUT2D eigenvalue weighted by atomic mass is 9.55. The Morgan fingerprint density at radius 3 is 1.58 bits per heavy atom. The summed E-state index contributed by atoms with van der Waals surface area (Å²) >= 11 is 0. The molecule has 0 radical (unpaired) electrons. The fourth-order valence-corrected chi connectivity index (χ4v) is 5.87. The normalized spacial score (nSPS) is 25.1. The SMILES string of the molecule is COC(=O)c1ccccc1N1C(=O)[C@H]2C3c4ccccc4C(c4ccccc43)[C@@H]2C1=O. The maximum atomic E-state index is 13.8. The Bertz CT molecular complexity index is 1160. The molecule has 0 N–H and O–H groups in total. The van der Waals surface area contributed by atoms with Gasteiger partial charge in [0.05, 0.1) is 30.2 Å². The highest BCUT2D eigenvalue weighted by Crippen LogP contribution is 2.61. The molecule has 1 fully saturated rings. The fraction of sp³-hybridized carbons (Fsp3) is 0.192. The second kappa shape index (κ2) is 6.38. The number of nitrogens with zero attached hydrogens (tertiary/aromatic N) is 1. The van der Waals surface area contributed by atoms with Crippen molar-refractivity contribution in [1.82, 2.24) is 0 Å². The molecule has 2 amide bonds. The Hall–Kier alpha value is -3.73. The number of hydrogen-bond acceptors (Lipinski definition) is 4. The Balaban J connectivity index is 1.55. The van der Waals surface area contributed by atoms with Crippen LogP contribution in [0.25, 0.3) is 0 Å². The number of ether oxygens (including phenoxy) is 1. The van der Waals surface area contributed by atoms with Crippen molar-refractivity contribution in [3.63, 3.8) is 0 Å². The van der Waals surface area contributed by atoms with Crippen molar-refractivity contribution in [1.29, 1.82) is 0 Å². The van der Waals surface area contributed by atoms with Crippen molar-refractivity contribution in [2.75, 3.05) is 12.0 Å². The molecule has 2 bridgehead atoms. The summed E-state index contributed by atoms with van der Waals surface area (Å²) in [5.41, 5.74) is 5.00. The van der Waals surface area contributed by atoms with E-state index < -0.39 is 17.8 Å². The van der Waals surface area contributed by atoms with Gasteiger partial charge >= 0.3 is 5.97 Å². The lowest BCUT2D eigenvalue weighted by Gasteiger charge is -2.45. The highest BCUT2D eigenvalue weighted by atomic mass is 16.5. The highest BCUT2D eigenvalue weighted by molar-refractivity contribution is 6.25. The summed E-state index contributed by atoms with van der Waals surface area (Å²) < 4.78 is 4.89. The monoisotopic (exact) mass is 409 g/mol. The van der Waals surface area contributed by atoms with Crippen LogP contribution in [-0.4, -0.2) is 24.9 Å². The van der Waals surface area contributed by atoms with Gasteiger partial charge in [0.1, 0.15) is 0 Å². The van der Waals surface area contributed by atoms with E-state index in [2.05, 4.69) is 24.3 Å². The lowest BCUT2D eigenvalue weighted by molar-refractivity contribution is -0.122. The maximum absolute atomic E-state index is 13.8. The van der Waals surface area contributed by atoms with Crippen LogP contribution in [0.2, 0.25) is 0 Å². The number of carbonyl (C=O) groups excluding carboxylic acids is 3. The molecule has 0 aromatic heterocycles. The van der Waals surface area contributed by atoms with Crippen LogP contribution >= 0.6 is 0 Å². The maximum Gasteiger partial charge on any atom is 0.339 e. The van der Waals surface area contributed by atoms with E-state index in [1.54, 1.807) is 24.3 Å². The number of hydrogen-bond donors (Lipinski definition) is 0. The Morgan fingerprint density at radius 2 is 1.13 bits per heavy atom. The van der Waals surface area contributed by atoms with E-state index in [1.165, 1.54) is 12.0 Å². The zero-order chi connectivity index (χ0) is 21.3. The van der Waals surface area contributed by atoms with Crippen molar-refractivity contribution >= 4 is 23.5 Å². The predicted octanol–water partition coefficient (Wildman–Crippen LogP) is 3.87. The van der Waals surface area contributed by atoms with Crippen LogP contribution in [0.15, 0.2) is 72.8 Å². The quantitative estimate of drug-likeness (QED) is 0.476. The summed E-state index contributed by atoms with van der Waals surface area (Å²) in [6.45, 7) is 0. The van der Waals surface area contributed by atoms with Gasteiger partial charge in [0.25, 0.3) is 0 Å². The zero-order valence-corrected chi connectivity index (χ0v) is 16.8. The molecule has 0 saturated carbocycles. The number of methoxy groups -OCH3 is 1. The number of benzene rings is 3. The summed E-state index contributed by atoms with van der Waals surface area (Å²) in [7, 11) is 1.29. The van der Waals surface area contributed by atoms with Gasteiger partial charge in [-0.1, -0.05) is 60.7 Å². The molecule has 152 valence electrons. The first-order valence-electron chi connectivity index (χ1n) is 10.4. The molecule has 3 aromatic carbocycles. The molecular formula is C26H19NO4. The van der Waals surface area contributed by atoms with Gasteiger partial charge in [-0.2, -0.15) is 0 Å². The van der Waals surface area contributed by atoms with Gasteiger partial charge in [-0.25, -0.2) is 9.69 Å². The molecule has 1 saturated heterocycles. The third-order valence-corrected chi connectivity index (χ3v) is 7.00. The molecule has 5 heteroatoms. The van der Waals surface area contributed by atoms with Gasteiger partial charge in [0.15, 0.2) is 0 Å². The van der Waals surface area contributed by atoms with Gasteiger partial charge in [-0.15, -0.1) is 0 Å².